The SMILES string of the molecule is CC(C)n1cc(Br)cc1C(=O)NCC1CCOCC1. The number of hydrogen-bond donors (Lipinski definition) is 1. The summed E-state index contributed by atoms with van der Waals surface area (Å²) in [6.45, 7) is 6.51. The van der Waals surface area contributed by atoms with Gasteiger partial charge in [-0.15, -0.1) is 0 Å². The number of ether oxygens (including phenoxy) is 1. The first-order valence-electron chi connectivity index (χ1n) is 6.81. The predicted octanol–water partition coefficient (Wildman–Crippen LogP) is 2.99. The molecule has 1 aromatic heterocycles. The molecule has 0 aromatic carbocycles. The molecule has 0 spiro atoms. The Morgan fingerprint density at radius 2 is 2.21 bits per heavy atom. The highest BCUT2D eigenvalue weighted by Crippen LogP contribution is 2.20. The zero-order valence-corrected chi connectivity index (χ0v) is 13.1. The van der Waals surface area contributed by atoms with Crippen LogP contribution >= 0.6 is 15.9 Å². The van der Waals surface area contributed by atoms with Crippen LogP contribution in [0.5, 0.6) is 0 Å². The quantitative estimate of drug-likeness (QED) is 0.923. The van der Waals surface area contributed by atoms with Crippen molar-refractivity contribution in [2.24, 2.45) is 5.92 Å². The van der Waals surface area contributed by atoms with E-state index in [-0.39, 0.29) is 11.9 Å². The molecule has 1 amide bonds. The molecule has 1 aromatic rings. The van der Waals surface area contributed by atoms with Gasteiger partial charge in [-0.3, -0.25) is 4.79 Å². The summed E-state index contributed by atoms with van der Waals surface area (Å²) in [5.74, 6) is 0.550. The molecule has 0 aliphatic carbocycles. The number of aromatic nitrogens is 1. The van der Waals surface area contributed by atoms with Crippen molar-refractivity contribution in [3.05, 3.63) is 22.4 Å². The smallest absolute Gasteiger partial charge is 0.267 e. The maximum Gasteiger partial charge on any atom is 0.267 e. The van der Waals surface area contributed by atoms with E-state index in [2.05, 4.69) is 35.1 Å². The topological polar surface area (TPSA) is 43.3 Å². The Morgan fingerprint density at radius 3 is 2.84 bits per heavy atom. The number of nitrogens with one attached hydrogen (secondary N) is 1. The first-order chi connectivity index (χ1) is 9.08. The van der Waals surface area contributed by atoms with Crippen LogP contribution in [0.25, 0.3) is 0 Å². The van der Waals surface area contributed by atoms with E-state index in [0.29, 0.717) is 11.6 Å². The zero-order chi connectivity index (χ0) is 13.8. The first-order valence-corrected chi connectivity index (χ1v) is 7.60. The molecule has 1 aliphatic rings. The third-order valence-electron chi connectivity index (χ3n) is 3.50. The van der Waals surface area contributed by atoms with Gasteiger partial charge in [-0.2, -0.15) is 0 Å². The normalized spacial score (nSPS) is 16.8. The fourth-order valence-corrected chi connectivity index (χ4v) is 2.77. The van der Waals surface area contributed by atoms with Crippen molar-refractivity contribution in [1.82, 2.24) is 9.88 Å². The van der Waals surface area contributed by atoms with Gasteiger partial charge in [0.25, 0.3) is 5.91 Å². The van der Waals surface area contributed by atoms with Crippen molar-refractivity contribution in [1.29, 1.82) is 0 Å². The lowest BCUT2D eigenvalue weighted by Gasteiger charge is -2.22. The lowest BCUT2D eigenvalue weighted by molar-refractivity contribution is 0.0641. The summed E-state index contributed by atoms with van der Waals surface area (Å²) >= 11 is 3.43. The second-order valence-corrected chi connectivity index (χ2v) is 6.23. The summed E-state index contributed by atoms with van der Waals surface area (Å²) in [4.78, 5) is 12.2. The van der Waals surface area contributed by atoms with Gasteiger partial charge in [0.2, 0.25) is 0 Å². The van der Waals surface area contributed by atoms with E-state index in [1.54, 1.807) is 0 Å². The van der Waals surface area contributed by atoms with E-state index < -0.39 is 0 Å². The molecule has 0 saturated carbocycles. The van der Waals surface area contributed by atoms with Crippen molar-refractivity contribution in [3.63, 3.8) is 0 Å². The molecule has 19 heavy (non-hydrogen) atoms. The van der Waals surface area contributed by atoms with E-state index in [9.17, 15) is 4.79 Å². The molecule has 1 saturated heterocycles. The molecule has 4 nitrogen and oxygen atoms in total. The van der Waals surface area contributed by atoms with Gasteiger partial charge >= 0.3 is 0 Å². The van der Waals surface area contributed by atoms with Gasteiger partial charge in [-0.25, -0.2) is 0 Å². The molecule has 0 radical (unpaired) electrons. The lowest BCUT2D eigenvalue weighted by Crippen LogP contribution is -2.33. The third kappa shape index (κ3) is 3.83. The van der Waals surface area contributed by atoms with Crippen LogP contribution in [0, 0.1) is 5.92 Å². The third-order valence-corrected chi connectivity index (χ3v) is 3.93. The number of halogens is 1. The van der Waals surface area contributed by atoms with Crippen LogP contribution in [0.4, 0.5) is 0 Å². The van der Waals surface area contributed by atoms with Gasteiger partial charge in [0.15, 0.2) is 0 Å². The maximum atomic E-state index is 12.2. The molecular formula is C14H21BrN2O2. The number of rotatable bonds is 4. The Kier molecular flexibility index (Phi) is 5.05. The Bertz CT molecular complexity index is 437. The van der Waals surface area contributed by atoms with Crippen molar-refractivity contribution >= 4 is 21.8 Å². The largest absolute Gasteiger partial charge is 0.381 e. The summed E-state index contributed by atoms with van der Waals surface area (Å²) < 4.78 is 8.25. The zero-order valence-electron chi connectivity index (χ0n) is 11.5. The van der Waals surface area contributed by atoms with Gasteiger partial charge in [-0.1, -0.05) is 0 Å². The van der Waals surface area contributed by atoms with Crippen molar-refractivity contribution < 1.29 is 9.53 Å². The number of carbonyl (C=O) groups is 1. The minimum atomic E-state index is 0.00546. The highest BCUT2D eigenvalue weighted by molar-refractivity contribution is 9.10. The van der Waals surface area contributed by atoms with Gasteiger partial charge in [-0.05, 0) is 54.6 Å². The van der Waals surface area contributed by atoms with Crippen LogP contribution in [0.15, 0.2) is 16.7 Å². The second kappa shape index (κ2) is 6.57. The van der Waals surface area contributed by atoms with Crippen LogP contribution in [0.3, 0.4) is 0 Å². The fourth-order valence-electron chi connectivity index (χ4n) is 2.33. The molecule has 106 valence electrons. The van der Waals surface area contributed by atoms with Crippen LogP contribution in [0.1, 0.15) is 43.2 Å². The second-order valence-electron chi connectivity index (χ2n) is 5.31. The van der Waals surface area contributed by atoms with Crippen molar-refractivity contribution in [3.8, 4) is 0 Å². The number of amides is 1. The standard InChI is InChI=1S/C14H21BrN2O2/c1-10(2)17-9-12(15)7-13(17)14(18)16-8-11-3-5-19-6-4-11/h7,9-11H,3-6,8H2,1-2H3,(H,16,18). The van der Waals surface area contributed by atoms with Crippen LogP contribution in [0.2, 0.25) is 0 Å². The minimum absolute atomic E-state index is 0.00546. The molecule has 0 unspecified atom stereocenters. The fraction of sp³-hybridized carbons (Fsp3) is 0.643. The molecule has 1 aliphatic heterocycles. The molecule has 1 N–H and O–H groups in total. The van der Waals surface area contributed by atoms with E-state index >= 15 is 0 Å². The molecule has 1 fully saturated rings. The van der Waals surface area contributed by atoms with E-state index in [0.717, 1.165) is 37.1 Å². The summed E-state index contributed by atoms with van der Waals surface area (Å²) in [6.07, 6.45) is 4.03. The van der Waals surface area contributed by atoms with E-state index in [4.69, 9.17) is 4.74 Å². The molecule has 0 atom stereocenters. The summed E-state index contributed by atoms with van der Waals surface area (Å²) in [6, 6.07) is 2.15. The average molecular weight is 329 g/mol. The van der Waals surface area contributed by atoms with Gasteiger partial charge in [0, 0.05) is 36.5 Å². The highest BCUT2D eigenvalue weighted by atomic mass is 79.9. The van der Waals surface area contributed by atoms with Gasteiger partial charge in [0.05, 0.1) is 0 Å². The monoisotopic (exact) mass is 328 g/mol. The molecule has 2 heterocycles. The summed E-state index contributed by atoms with van der Waals surface area (Å²) in [5, 5.41) is 3.04. The van der Waals surface area contributed by atoms with Crippen molar-refractivity contribution in [2.75, 3.05) is 19.8 Å². The Balaban J connectivity index is 1.95. The number of nitrogens with zero attached hydrogens (tertiary/aromatic N) is 1. The minimum Gasteiger partial charge on any atom is -0.381 e. The van der Waals surface area contributed by atoms with E-state index in [1.807, 2.05) is 16.8 Å². The van der Waals surface area contributed by atoms with Gasteiger partial charge < -0.3 is 14.6 Å². The Hall–Kier alpha value is -0.810. The molecule has 5 heteroatoms. The number of hydrogen-bond acceptors (Lipinski definition) is 2. The van der Waals surface area contributed by atoms with E-state index in [1.165, 1.54) is 0 Å². The molecule has 2 rings (SSSR count). The van der Waals surface area contributed by atoms with Crippen molar-refractivity contribution in [2.45, 2.75) is 32.7 Å². The van der Waals surface area contributed by atoms with Crippen LogP contribution in [-0.2, 0) is 4.74 Å². The Morgan fingerprint density at radius 1 is 1.53 bits per heavy atom. The predicted molar refractivity (Wildman–Crippen MR) is 78.4 cm³/mol. The maximum absolute atomic E-state index is 12.2. The van der Waals surface area contributed by atoms with Crippen LogP contribution < -0.4 is 5.32 Å². The van der Waals surface area contributed by atoms with Crippen LogP contribution in [-0.4, -0.2) is 30.2 Å². The molecular weight excluding hydrogens is 308 g/mol. The average Bonchev–Trinajstić information content (AvgIpc) is 2.79. The molecule has 0 bridgehead atoms. The highest BCUT2D eigenvalue weighted by Gasteiger charge is 2.18. The first kappa shape index (κ1) is 14.6. The lowest BCUT2D eigenvalue weighted by atomic mass is 10.0. The number of carbonyl (C=O) groups excluding carboxylic acids is 1. The Labute approximate surface area is 122 Å². The van der Waals surface area contributed by atoms with Gasteiger partial charge in [0.1, 0.15) is 5.69 Å². The summed E-state index contributed by atoms with van der Waals surface area (Å²) in [5.41, 5.74) is 0.717. The summed E-state index contributed by atoms with van der Waals surface area (Å²) in [7, 11) is 0.